The van der Waals surface area contributed by atoms with Gasteiger partial charge >= 0.3 is 0 Å². The number of ketones is 1. The van der Waals surface area contributed by atoms with E-state index in [1.807, 2.05) is 0 Å². The zero-order chi connectivity index (χ0) is 16.8. The molecule has 0 unspecified atom stereocenters. The van der Waals surface area contributed by atoms with E-state index in [1.165, 1.54) is 6.92 Å². The van der Waals surface area contributed by atoms with Gasteiger partial charge in [-0.05, 0) is 45.0 Å². The first-order chi connectivity index (χ1) is 11.0. The Labute approximate surface area is 136 Å². The predicted octanol–water partition coefficient (Wildman–Crippen LogP) is 0.826. The van der Waals surface area contributed by atoms with Crippen molar-refractivity contribution in [2.24, 2.45) is 11.7 Å². The van der Waals surface area contributed by atoms with Crippen LogP contribution in [0.2, 0.25) is 0 Å². The molecule has 0 spiro atoms. The van der Waals surface area contributed by atoms with Crippen LogP contribution in [0.3, 0.4) is 0 Å². The normalized spacial score (nSPS) is 17.7. The lowest BCUT2D eigenvalue weighted by atomic mass is 9.96. The zero-order valence-corrected chi connectivity index (χ0v) is 13.4. The van der Waals surface area contributed by atoms with Gasteiger partial charge in [0.15, 0.2) is 5.78 Å². The molecule has 6 nitrogen and oxygen atoms in total. The molecule has 2 rings (SSSR count). The first kappa shape index (κ1) is 17.4. The molecule has 1 heterocycles. The number of Topliss-reactive ketones (excluding diaryl/α,β-unsaturated/α-hetero) is 1. The third kappa shape index (κ3) is 5.33. The lowest BCUT2D eigenvalue weighted by Gasteiger charge is -2.31. The number of carbonyl (C=O) groups excluding carboxylic acids is 2. The van der Waals surface area contributed by atoms with Crippen molar-refractivity contribution in [3.63, 3.8) is 0 Å². The summed E-state index contributed by atoms with van der Waals surface area (Å²) in [5.41, 5.74) is 5.90. The van der Waals surface area contributed by atoms with Gasteiger partial charge < -0.3 is 20.5 Å². The quantitative estimate of drug-likeness (QED) is 0.726. The summed E-state index contributed by atoms with van der Waals surface area (Å²) in [7, 11) is 0. The number of piperidine rings is 1. The summed E-state index contributed by atoms with van der Waals surface area (Å²) in [6.45, 7) is 3.67. The smallest absolute Gasteiger partial charge is 0.220 e. The Balaban J connectivity index is 1.75. The van der Waals surface area contributed by atoms with E-state index in [9.17, 15) is 14.7 Å². The predicted molar refractivity (Wildman–Crippen MR) is 86.3 cm³/mol. The highest BCUT2D eigenvalue weighted by Crippen LogP contribution is 2.17. The summed E-state index contributed by atoms with van der Waals surface area (Å²) in [4.78, 5) is 24.6. The molecule has 1 aliphatic rings. The third-order valence-corrected chi connectivity index (χ3v) is 4.14. The zero-order valence-electron chi connectivity index (χ0n) is 13.4. The maximum Gasteiger partial charge on any atom is 0.220 e. The van der Waals surface area contributed by atoms with Crippen LogP contribution >= 0.6 is 0 Å². The van der Waals surface area contributed by atoms with Crippen LogP contribution in [0.25, 0.3) is 0 Å². The number of primary amides is 1. The van der Waals surface area contributed by atoms with Gasteiger partial charge in [0, 0.05) is 18.0 Å². The molecule has 1 aromatic rings. The monoisotopic (exact) mass is 320 g/mol. The molecule has 1 amide bonds. The van der Waals surface area contributed by atoms with Gasteiger partial charge in [-0.3, -0.25) is 9.59 Å². The Bertz CT molecular complexity index is 553. The van der Waals surface area contributed by atoms with Gasteiger partial charge in [-0.15, -0.1) is 0 Å². The van der Waals surface area contributed by atoms with Crippen molar-refractivity contribution in [3.05, 3.63) is 29.8 Å². The molecule has 1 fully saturated rings. The molecule has 126 valence electrons. The number of nitrogens with zero attached hydrogens (tertiary/aromatic N) is 1. The van der Waals surface area contributed by atoms with Gasteiger partial charge in [-0.1, -0.05) is 12.1 Å². The van der Waals surface area contributed by atoms with Crippen LogP contribution < -0.4 is 10.5 Å². The molecule has 23 heavy (non-hydrogen) atoms. The number of nitrogens with two attached hydrogens (primary N) is 1. The molecule has 0 radical (unpaired) electrons. The fourth-order valence-electron chi connectivity index (χ4n) is 2.75. The summed E-state index contributed by atoms with van der Waals surface area (Å²) in [5.74, 6) is 0.269. The summed E-state index contributed by atoms with van der Waals surface area (Å²) < 4.78 is 5.56. The maximum absolute atomic E-state index is 11.3. The van der Waals surface area contributed by atoms with Crippen molar-refractivity contribution >= 4 is 11.7 Å². The number of hydrogen-bond donors (Lipinski definition) is 2. The molecule has 1 atom stereocenters. The average molecular weight is 320 g/mol. The average Bonchev–Trinajstić information content (AvgIpc) is 2.53. The highest BCUT2D eigenvalue weighted by molar-refractivity contribution is 5.94. The van der Waals surface area contributed by atoms with Crippen LogP contribution in [0.4, 0.5) is 0 Å². The number of ether oxygens (including phenoxy) is 1. The van der Waals surface area contributed by atoms with Gasteiger partial charge in [-0.2, -0.15) is 0 Å². The standard InChI is InChI=1S/C17H24N2O4/c1-12(20)14-3-2-4-16(9-14)23-11-15(21)10-19-7-5-13(6-8-19)17(18)22/h2-4,9,13,15,21H,5-8,10-11H2,1H3,(H2,18,22)/t15-/m0/s1. The van der Waals surface area contributed by atoms with E-state index >= 15 is 0 Å². The summed E-state index contributed by atoms with van der Waals surface area (Å²) >= 11 is 0. The number of β-amino-alcohol motifs (C(OH)–C–C–N with tert-alkyl or cyclic N) is 1. The van der Waals surface area contributed by atoms with Crippen molar-refractivity contribution in [2.75, 3.05) is 26.2 Å². The van der Waals surface area contributed by atoms with Gasteiger partial charge in [0.05, 0.1) is 0 Å². The Morgan fingerprint density at radius 2 is 2.09 bits per heavy atom. The highest BCUT2D eigenvalue weighted by atomic mass is 16.5. The molecule has 1 saturated heterocycles. The minimum atomic E-state index is -0.624. The number of amides is 1. The van der Waals surface area contributed by atoms with Crippen molar-refractivity contribution in [3.8, 4) is 5.75 Å². The molecule has 0 aliphatic carbocycles. The van der Waals surface area contributed by atoms with Gasteiger partial charge in [-0.25, -0.2) is 0 Å². The largest absolute Gasteiger partial charge is 0.491 e. The van der Waals surface area contributed by atoms with E-state index in [2.05, 4.69) is 4.90 Å². The van der Waals surface area contributed by atoms with Crippen molar-refractivity contribution in [1.82, 2.24) is 4.90 Å². The molecule has 1 aliphatic heterocycles. The van der Waals surface area contributed by atoms with Crippen LogP contribution in [-0.2, 0) is 4.79 Å². The lowest BCUT2D eigenvalue weighted by Crippen LogP contribution is -2.43. The Kier molecular flexibility index (Phi) is 6.12. The van der Waals surface area contributed by atoms with Crippen molar-refractivity contribution in [1.29, 1.82) is 0 Å². The third-order valence-electron chi connectivity index (χ3n) is 4.14. The molecular formula is C17H24N2O4. The number of hydrogen-bond acceptors (Lipinski definition) is 5. The first-order valence-electron chi connectivity index (χ1n) is 7.89. The maximum atomic E-state index is 11.3. The summed E-state index contributed by atoms with van der Waals surface area (Å²) in [6, 6.07) is 6.92. The molecule has 3 N–H and O–H groups in total. The van der Waals surface area contributed by atoms with E-state index in [0.717, 1.165) is 25.9 Å². The molecule has 0 bridgehead atoms. The Morgan fingerprint density at radius 1 is 1.39 bits per heavy atom. The molecule has 6 heteroatoms. The number of likely N-dealkylation sites (tertiary alicyclic amines) is 1. The minimum Gasteiger partial charge on any atom is -0.491 e. The minimum absolute atomic E-state index is 0.0201. The summed E-state index contributed by atoms with van der Waals surface area (Å²) in [5, 5.41) is 10.1. The van der Waals surface area contributed by atoms with E-state index in [-0.39, 0.29) is 24.2 Å². The van der Waals surface area contributed by atoms with E-state index in [1.54, 1.807) is 24.3 Å². The van der Waals surface area contributed by atoms with Crippen LogP contribution in [-0.4, -0.2) is 54.0 Å². The fraction of sp³-hybridized carbons (Fsp3) is 0.529. The second-order valence-electron chi connectivity index (χ2n) is 6.03. The number of aliphatic hydroxyl groups is 1. The highest BCUT2D eigenvalue weighted by Gasteiger charge is 2.24. The van der Waals surface area contributed by atoms with Crippen molar-refractivity contribution < 1.29 is 19.4 Å². The van der Waals surface area contributed by atoms with Crippen LogP contribution in [0.5, 0.6) is 5.75 Å². The number of benzene rings is 1. The van der Waals surface area contributed by atoms with Crippen LogP contribution in [0.1, 0.15) is 30.1 Å². The second kappa shape index (κ2) is 8.08. The lowest BCUT2D eigenvalue weighted by molar-refractivity contribution is -0.123. The number of carbonyl (C=O) groups is 2. The topological polar surface area (TPSA) is 92.9 Å². The molecule has 0 aromatic heterocycles. The fourth-order valence-corrected chi connectivity index (χ4v) is 2.75. The Hall–Kier alpha value is -1.92. The van der Waals surface area contributed by atoms with Crippen LogP contribution in [0, 0.1) is 5.92 Å². The van der Waals surface area contributed by atoms with Crippen LogP contribution in [0.15, 0.2) is 24.3 Å². The van der Waals surface area contributed by atoms with E-state index in [0.29, 0.717) is 17.9 Å². The van der Waals surface area contributed by atoms with E-state index in [4.69, 9.17) is 10.5 Å². The van der Waals surface area contributed by atoms with Crippen molar-refractivity contribution in [2.45, 2.75) is 25.9 Å². The summed E-state index contributed by atoms with van der Waals surface area (Å²) in [6.07, 6.45) is 0.855. The first-order valence-corrected chi connectivity index (χ1v) is 7.89. The molecule has 0 saturated carbocycles. The van der Waals surface area contributed by atoms with Gasteiger partial charge in [0.25, 0.3) is 0 Å². The Morgan fingerprint density at radius 3 is 2.70 bits per heavy atom. The van der Waals surface area contributed by atoms with Gasteiger partial charge in [0.2, 0.25) is 5.91 Å². The molecule has 1 aromatic carbocycles. The SMILES string of the molecule is CC(=O)c1cccc(OC[C@@H](O)CN2CCC(C(N)=O)CC2)c1. The van der Waals surface area contributed by atoms with E-state index < -0.39 is 6.10 Å². The number of rotatable bonds is 7. The van der Waals surface area contributed by atoms with Gasteiger partial charge in [0.1, 0.15) is 18.5 Å². The second-order valence-corrected chi connectivity index (χ2v) is 6.03. The number of aliphatic hydroxyl groups excluding tert-OH is 1. The molecular weight excluding hydrogens is 296 g/mol.